The summed E-state index contributed by atoms with van der Waals surface area (Å²) in [5.74, 6) is -0.0411. The van der Waals surface area contributed by atoms with Crippen molar-refractivity contribution < 1.29 is 4.39 Å². The summed E-state index contributed by atoms with van der Waals surface area (Å²) in [5.41, 5.74) is 2.26. The summed E-state index contributed by atoms with van der Waals surface area (Å²) in [6, 6.07) is 12.1. The van der Waals surface area contributed by atoms with Gasteiger partial charge in [-0.3, -0.25) is 9.69 Å². The van der Waals surface area contributed by atoms with Crippen molar-refractivity contribution >= 4 is 22.5 Å². The molecule has 3 atom stereocenters. The Hall–Kier alpha value is -3.75. The molecule has 3 heterocycles. The van der Waals surface area contributed by atoms with Crippen LogP contribution in [-0.4, -0.2) is 39.6 Å². The number of hydrogen-bond acceptors (Lipinski definition) is 5. The second-order valence-corrected chi connectivity index (χ2v) is 8.62. The third kappa shape index (κ3) is 3.83. The van der Waals surface area contributed by atoms with Crippen molar-refractivity contribution in [2.45, 2.75) is 38.9 Å². The highest BCUT2D eigenvalue weighted by Crippen LogP contribution is 2.34. The van der Waals surface area contributed by atoms with Crippen molar-refractivity contribution in [1.29, 1.82) is 5.26 Å². The second-order valence-electron chi connectivity index (χ2n) is 8.62. The molecule has 8 heteroatoms. The van der Waals surface area contributed by atoms with Crippen LogP contribution in [0.25, 0.3) is 15.9 Å². The lowest BCUT2D eigenvalue weighted by atomic mass is 9.99. The van der Waals surface area contributed by atoms with E-state index in [1.807, 2.05) is 12.1 Å². The summed E-state index contributed by atoms with van der Waals surface area (Å²) in [7, 11) is 1.61. The molecule has 0 radical (unpaired) electrons. The molecule has 1 aromatic carbocycles. The van der Waals surface area contributed by atoms with Crippen molar-refractivity contribution in [3.05, 3.63) is 75.1 Å². The maximum absolute atomic E-state index is 13.4. The van der Waals surface area contributed by atoms with Crippen LogP contribution in [-0.2, 0) is 7.05 Å². The number of aryl methyl sites for hydroxylation is 1. The van der Waals surface area contributed by atoms with Crippen LogP contribution >= 0.6 is 0 Å². The first kappa shape index (κ1) is 22.4. The smallest absolute Gasteiger partial charge is 0.271 e. The second kappa shape index (κ2) is 8.65. The monoisotopic (exact) mass is 444 g/mol. The van der Waals surface area contributed by atoms with Gasteiger partial charge in [0, 0.05) is 38.3 Å². The largest absolute Gasteiger partial charge is 0.361 e. The third-order valence-electron chi connectivity index (χ3n) is 6.60. The Morgan fingerprint density at radius 2 is 1.88 bits per heavy atom. The van der Waals surface area contributed by atoms with Gasteiger partial charge in [0.25, 0.3) is 11.4 Å². The zero-order chi connectivity index (χ0) is 23.9. The first-order valence-corrected chi connectivity index (χ1v) is 10.9. The van der Waals surface area contributed by atoms with Crippen LogP contribution in [0.1, 0.15) is 37.9 Å². The highest BCUT2D eigenvalue weighted by molar-refractivity contribution is 5.93. The normalized spacial score (nSPS) is 19.8. The zero-order valence-corrected chi connectivity index (χ0v) is 19.1. The average molecular weight is 445 g/mol. The Balaban J connectivity index is 1.78. The van der Waals surface area contributed by atoms with E-state index in [2.05, 4.69) is 46.5 Å². The minimum Gasteiger partial charge on any atom is -0.361 e. The van der Waals surface area contributed by atoms with Gasteiger partial charge < -0.3 is 14.3 Å². The molecule has 2 aromatic heterocycles. The topological polar surface area (TPSA) is 69.5 Å². The Kier molecular flexibility index (Phi) is 5.88. The highest BCUT2D eigenvalue weighted by atomic mass is 19.1. The molecule has 168 valence electrons. The van der Waals surface area contributed by atoms with Crippen molar-refractivity contribution in [1.82, 2.24) is 14.5 Å². The van der Waals surface area contributed by atoms with Gasteiger partial charge in [-0.25, -0.2) is 4.39 Å². The number of nitrogens with zero attached hydrogens (tertiary/aromatic N) is 6. The highest BCUT2D eigenvalue weighted by Gasteiger charge is 2.36. The molecule has 0 N–H and O–H groups in total. The predicted octanol–water partition coefficient (Wildman–Crippen LogP) is 4.16. The van der Waals surface area contributed by atoms with Gasteiger partial charge in [-0.15, -0.1) is 4.98 Å². The molecule has 1 aliphatic rings. The lowest BCUT2D eigenvalue weighted by molar-refractivity contribution is 0.119. The van der Waals surface area contributed by atoms with Crippen LogP contribution in [0.2, 0.25) is 0 Å². The number of pyridine rings is 2. The van der Waals surface area contributed by atoms with Gasteiger partial charge in [0.15, 0.2) is 0 Å². The molecule has 7 nitrogen and oxygen atoms in total. The maximum atomic E-state index is 13.4. The maximum Gasteiger partial charge on any atom is 0.271 e. The fourth-order valence-electron chi connectivity index (χ4n) is 4.76. The van der Waals surface area contributed by atoms with E-state index < -0.39 is 0 Å². The number of rotatable bonds is 3. The number of piperazine rings is 1. The number of hydrogen-bond donors (Lipinski definition) is 0. The van der Waals surface area contributed by atoms with Gasteiger partial charge in [0.2, 0.25) is 5.52 Å². The van der Waals surface area contributed by atoms with Crippen LogP contribution in [0.15, 0.2) is 41.2 Å². The number of nitriles is 1. The van der Waals surface area contributed by atoms with Crippen molar-refractivity contribution in [3.63, 3.8) is 0 Å². The molecule has 0 saturated carbocycles. The molecule has 0 spiro atoms. The SMILES string of the molecule is [C-]#[N+]c1ccc2c(n1)c(N1C[C@@H](C)N(C(C)c3ccc(F)cc3)C[C@@H]1C)c(C#N)c(=O)n2C. The average Bonchev–Trinajstić information content (AvgIpc) is 2.82. The van der Waals surface area contributed by atoms with E-state index in [1.54, 1.807) is 19.2 Å². The number of benzene rings is 1. The lowest BCUT2D eigenvalue weighted by Gasteiger charge is -2.47. The number of halogens is 1. The molecule has 1 fully saturated rings. The first-order chi connectivity index (χ1) is 15.8. The Morgan fingerprint density at radius 3 is 2.52 bits per heavy atom. The minimum atomic E-state index is -0.376. The van der Waals surface area contributed by atoms with Crippen molar-refractivity contribution in [2.75, 3.05) is 18.0 Å². The molecular formula is C25H25FN6O. The quantitative estimate of drug-likeness (QED) is 0.568. The summed E-state index contributed by atoms with van der Waals surface area (Å²) in [6.07, 6.45) is 0. The zero-order valence-electron chi connectivity index (χ0n) is 19.1. The minimum absolute atomic E-state index is 0.0232. The van der Waals surface area contributed by atoms with Crippen molar-refractivity contribution in [3.8, 4) is 6.07 Å². The van der Waals surface area contributed by atoms with E-state index >= 15 is 0 Å². The Bertz CT molecular complexity index is 1350. The van der Waals surface area contributed by atoms with Crippen LogP contribution in [0, 0.1) is 23.7 Å². The molecular weight excluding hydrogens is 419 g/mol. The lowest BCUT2D eigenvalue weighted by Crippen LogP contribution is -2.57. The van der Waals surface area contributed by atoms with Gasteiger partial charge >= 0.3 is 0 Å². The van der Waals surface area contributed by atoms with Crippen LogP contribution < -0.4 is 10.5 Å². The van der Waals surface area contributed by atoms with E-state index in [-0.39, 0.29) is 40.9 Å². The van der Waals surface area contributed by atoms with Gasteiger partial charge in [-0.1, -0.05) is 18.7 Å². The number of anilines is 1. The van der Waals surface area contributed by atoms with Crippen LogP contribution in [0.3, 0.4) is 0 Å². The molecule has 1 unspecified atom stereocenters. The predicted molar refractivity (Wildman–Crippen MR) is 126 cm³/mol. The fourth-order valence-corrected chi connectivity index (χ4v) is 4.76. The number of aromatic nitrogens is 2. The fraction of sp³-hybridized carbons (Fsp3) is 0.360. The van der Waals surface area contributed by atoms with Crippen molar-refractivity contribution in [2.24, 2.45) is 7.05 Å². The molecule has 33 heavy (non-hydrogen) atoms. The summed E-state index contributed by atoms with van der Waals surface area (Å²) in [5, 5.41) is 9.88. The van der Waals surface area contributed by atoms with E-state index in [0.717, 1.165) is 5.56 Å². The van der Waals surface area contributed by atoms with E-state index in [0.29, 0.717) is 29.8 Å². The van der Waals surface area contributed by atoms with E-state index in [9.17, 15) is 14.4 Å². The first-order valence-electron chi connectivity index (χ1n) is 10.9. The van der Waals surface area contributed by atoms with Gasteiger partial charge in [-0.2, -0.15) is 5.26 Å². The van der Waals surface area contributed by atoms with Gasteiger partial charge in [-0.05, 0) is 50.6 Å². The van der Waals surface area contributed by atoms with Gasteiger partial charge in [0.05, 0.1) is 5.52 Å². The molecule has 1 saturated heterocycles. The van der Waals surface area contributed by atoms with E-state index in [4.69, 9.17) is 6.57 Å². The summed E-state index contributed by atoms with van der Waals surface area (Å²) in [4.78, 5) is 25.3. The molecule has 0 amide bonds. The summed E-state index contributed by atoms with van der Waals surface area (Å²) in [6.45, 7) is 14.9. The summed E-state index contributed by atoms with van der Waals surface area (Å²) < 4.78 is 14.8. The van der Waals surface area contributed by atoms with E-state index in [1.165, 1.54) is 16.7 Å². The van der Waals surface area contributed by atoms with Crippen LogP contribution in [0.4, 0.5) is 15.9 Å². The summed E-state index contributed by atoms with van der Waals surface area (Å²) >= 11 is 0. The molecule has 4 rings (SSSR count). The standard InChI is InChI=1S/C25H25FN6O/c1-15-14-32(16(2)13-31(15)17(3)18-6-8-19(26)9-7-18)24-20(12-27)25(33)30(5)21-10-11-22(28-4)29-23(21)24/h6-11,15-17H,13-14H2,1-3,5H3/t15-,16+,17?/m1/s1. The Morgan fingerprint density at radius 1 is 1.18 bits per heavy atom. The third-order valence-corrected chi connectivity index (χ3v) is 6.60. The molecule has 0 bridgehead atoms. The molecule has 0 aliphatic carbocycles. The van der Waals surface area contributed by atoms with Gasteiger partial charge in [0.1, 0.15) is 23.1 Å². The molecule has 3 aromatic rings. The van der Waals surface area contributed by atoms with Crippen LogP contribution in [0.5, 0.6) is 0 Å². The Labute approximate surface area is 192 Å². The molecule has 1 aliphatic heterocycles. The number of fused-ring (bicyclic) bond motifs is 1.